The van der Waals surface area contributed by atoms with Crippen molar-refractivity contribution in [2.75, 3.05) is 11.9 Å². The van der Waals surface area contributed by atoms with Crippen molar-refractivity contribution in [1.29, 1.82) is 0 Å². The van der Waals surface area contributed by atoms with Gasteiger partial charge in [-0.1, -0.05) is 15.9 Å². The van der Waals surface area contributed by atoms with Crippen LogP contribution in [0.1, 0.15) is 10.4 Å². The standard InChI is InChI=1S/C9H7BrN2O5S/c10-3-4-11-9(13)7-2-1-6(12(14)15)5-8(7)18(11,16)17/h1-2,5H,3-4H2. The van der Waals surface area contributed by atoms with E-state index in [4.69, 9.17) is 0 Å². The molecule has 2 rings (SSSR count). The van der Waals surface area contributed by atoms with Gasteiger partial charge >= 0.3 is 0 Å². The molecule has 0 spiro atoms. The average molecular weight is 335 g/mol. The molecule has 1 aliphatic rings. The van der Waals surface area contributed by atoms with Crippen LogP contribution in [-0.4, -0.2) is 35.4 Å². The highest BCUT2D eigenvalue weighted by Crippen LogP contribution is 2.32. The van der Waals surface area contributed by atoms with Gasteiger partial charge in [0.15, 0.2) is 0 Å². The fourth-order valence-corrected chi connectivity index (χ4v) is 3.85. The van der Waals surface area contributed by atoms with E-state index in [0.717, 1.165) is 12.1 Å². The van der Waals surface area contributed by atoms with Crippen LogP contribution in [0.15, 0.2) is 23.1 Å². The van der Waals surface area contributed by atoms with Crippen molar-refractivity contribution in [1.82, 2.24) is 4.31 Å². The number of nitro benzene ring substituents is 1. The van der Waals surface area contributed by atoms with E-state index in [1.807, 2.05) is 0 Å². The molecule has 0 aliphatic carbocycles. The number of halogens is 1. The van der Waals surface area contributed by atoms with Crippen molar-refractivity contribution in [2.45, 2.75) is 4.90 Å². The maximum atomic E-state index is 12.0. The van der Waals surface area contributed by atoms with Crippen molar-refractivity contribution in [3.8, 4) is 0 Å². The molecule has 0 unspecified atom stereocenters. The van der Waals surface area contributed by atoms with Crippen LogP contribution in [0, 0.1) is 10.1 Å². The molecule has 1 aromatic rings. The lowest BCUT2D eigenvalue weighted by Crippen LogP contribution is -2.31. The van der Waals surface area contributed by atoms with Crippen molar-refractivity contribution in [2.24, 2.45) is 0 Å². The summed E-state index contributed by atoms with van der Waals surface area (Å²) in [5, 5.41) is 10.9. The first-order chi connectivity index (χ1) is 8.39. The summed E-state index contributed by atoms with van der Waals surface area (Å²) in [5.41, 5.74) is -0.382. The van der Waals surface area contributed by atoms with Crippen LogP contribution in [0.4, 0.5) is 5.69 Å². The van der Waals surface area contributed by atoms with Crippen molar-refractivity contribution < 1.29 is 18.1 Å². The number of non-ortho nitro benzene ring substituents is 1. The number of sulfonamides is 1. The first kappa shape index (κ1) is 13.0. The number of carbonyl (C=O) groups is 1. The number of benzene rings is 1. The summed E-state index contributed by atoms with van der Waals surface area (Å²) in [6.07, 6.45) is 0. The Labute approximate surface area is 111 Å². The third-order valence-corrected chi connectivity index (χ3v) is 4.67. The number of hydrogen-bond donors (Lipinski definition) is 0. The Bertz CT molecular complexity index is 642. The van der Waals surface area contributed by atoms with Crippen LogP contribution < -0.4 is 0 Å². The van der Waals surface area contributed by atoms with E-state index in [9.17, 15) is 23.3 Å². The number of nitro groups is 1. The zero-order valence-corrected chi connectivity index (χ0v) is 11.3. The van der Waals surface area contributed by atoms with Gasteiger partial charge in [0.25, 0.3) is 21.6 Å². The fraction of sp³-hybridized carbons (Fsp3) is 0.222. The van der Waals surface area contributed by atoms with E-state index in [-0.39, 0.29) is 22.7 Å². The van der Waals surface area contributed by atoms with E-state index in [1.54, 1.807) is 0 Å². The average Bonchev–Trinajstić information content (AvgIpc) is 2.51. The van der Waals surface area contributed by atoms with Gasteiger partial charge in [0.2, 0.25) is 0 Å². The Kier molecular flexibility index (Phi) is 3.11. The second kappa shape index (κ2) is 4.32. The third-order valence-electron chi connectivity index (χ3n) is 2.49. The molecule has 0 bridgehead atoms. The lowest BCUT2D eigenvalue weighted by Gasteiger charge is -2.12. The predicted molar refractivity (Wildman–Crippen MR) is 65.1 cm³/mol. The van der Waals surface area contributed by atoms with Gasteiger partial charge in [-0.2, -0.15) is 0 Å². The smallest absolute Gasteiger partial charge is 0.268 e. The van der Waals surface area contributed by atoms with Gasteiger partial charge in [-0.05, 0) is 6.07 Å². The monoisotopic (exact) mass is 334 g/mol. The van der Waals surface area contributed by atoms with Gasteiger partial charge in [0, 0.05) is 24.0 Å². The van der Waals surface area contributed by atoms with Crippen LogP contribution in [0.2, 0.25) is 0 Å². The minimum Gasteiger partial charge on any atom is -0.268 e. The first-order valence-electron chi connectivity index (χ1n) is 4.81. The second-order valence-corrected chi connectivity index (χ2v) is 6.13. The lowest BCUT2D eigenvalue weighted by molar-refractivity contribution is -0.385. The van der Waals surface area contributed by atoms with E-state index in [2.05, 4.69) is 15.9 Å². The molecule has 0 radical (unpaired) electrons. The fourth-order valence-electron chi connectivity index (χ4n) is 1.68. The zero-order valence-electron chi connectivity index (χ0n) is 8.87. The molecule has 1 heterocycles. The highest BCUT2D eigenvalue weighted by atomic mass is 79.9. The molecular formula is C9H7BrN2O5S. The van der Waals surface area contributed by atoms with Crippen LogP contribution in [0.25, 0.3) is 0 Å². The number of hydrogen-bond acceptors (Lipinski definition) is 5. The largest absolute Gasteiger partial charge is 0.270 e. The molecule has 7 nitrogen and oxygen atoms in total. The molecule has 96 valence electrons. The maximum absolute atomic E-state index is 12.0. The van der Waals surface area contributed by atoms with E-state index >= 15 is 0 Å². The summed E-state index contributed by atoms with van der Waals surface area (Å²) in [6, 6.07) is 3.20. The van der Waals surface area contributed by atoms with Crippen LogP contribution in [0.3, 0.4) is 0 Å². The van der Waals surface area contributed by atoms with Gasteiger partial charge in [-0.15, -0.1) is 0 Å². The molecule has 0 fully saturated rings. The minimum absolute atomic E-state index is 0.0103. The Morgan fingerprint density at radius 3 is 2.61 bits per heavy atom. The summed E-state index contributed by atoms with van der Waals surface area (Å²) in [5.74, 6) is -0.653. The molecule has 0 aromatic heterocycles. The normalized spacial score (nSPS) is 16.7. The zero-order chi connectivity index (χ0) is 13.5. The van der Waals surface area contributed by atoms with Crippen molar-refractivity contribution in [3.05, 3.63) is 33.9 Å². The Hall–Kier alpha value is -1.48. The van der Waals surface area contributed by atoms with Gasteiger partial charge < -0.3 is 0 Å². The molecule has 1 aliphatic heterocycles. The van der Waals surface area contributed by atoms with Crippen molar-refractivity contribution in [3.63, 3.8) is 0 Å². The van der Waals surface area contributed by atoms with Gasteiger partial charge in [0.1, 0.15) is 4.90 Å². The summed E-state index contributed by atoms with van der Waals surface area (Å²) in [7, 11) is -3.96. The SMILES string of the molecule is O=C1c2ccc([N+](=O)[O-])cc2S(=O)(=O)N1CCBr. The molecule has 1 amide bonds. The van der Waals surface area contributed by atoms with Crippen molar-refractivity contribution >= 4 is 37.5 Å². The molecule has 9 heteroatoms. The topological polar surface area (TPSA) is 97.6 Å². The van der Waals surface area contributed by atoms with Crippen LogP contribution in [0.5, 0.6) is 0 Å². The second-order valence-electron chi connectivity index (χ2n) is 3.51. The lowest BCUT2D eigenvalue weighted by atomic mass is 10.2. The highest BCUT2D eigenvalue weighted by molar-refractivity contribution is 9.09. The summed E-state index contributed by atoms with van der Waals surface area (Å²) >= 11 is 3.05. The maximum Gasteiger partial charge on any atom is 0.270 e. The predicted octanol–water partition coefficient (Wildman–Crippen LogP) is 1.13. The van der Waals surface area contributed by atoms with E-state index in [1.165, 1.54) is 6.07 Å². The summed E-state index contributed by atoms with van der Waals surface area (Å²) < 4.78 is 24.7. The Morgan fingerprint density at radius 1 is 1.39 bits per heavy atom. The molecule has 1 aromatic carbocycles. The molecule has 0 N–H and O–H groups in total. The minimum atomic E-state index is -3.96. The highest BCUT2D eigenvalue weighted by Gasteiger charge is 2.41. The van der Waals surface area contributed by atoms with Gasteiger partial charge in [0.05, 0.1) is 10.5 Å². The third kappa shape index (κ3) is 1.79. The van der Waals surface area contributed by atoms with Crippen LogP contribution >= 0.6 is 15.9 Å². The molecule has 18 heavy (non-hydrogen) atoms. The quantitative estimate of drug-likeness (QED) is 0.469. The number of carbonyl (C=O) groups excluding carboxylic acids is 1. The van der Waals surface area contributed by atoms with Gasteiger partial charge in [-0.25, -0.2) is 12.7 Å². The Morgan fingerprint density at radius 2 is 2.06 bits per heavy atom. The van der Waals surface area contributed by atoms with Crippen LogP contribution in [-0.2, 0) is 10.0 Å². The summed E-state index contributed by atoms with van der Waals surface area (Å²) in [6.45, 7) is -0.0103. The van der Waals surface area contributed by atoms with Gasteiger partial charge in [-0.3, -0.25) is 14.9 Å². The number of rotatable bonds is 3. The number of fused-ring (bicyclic) bond motifs is 1. The number of amides is 1. The first-order valence-corrected chi connectivity index (χ1v) is 7.37. The Balaban J connectivity index is 2.62. The van der Waals surface area contributed by atoms with E-state index < -0.39 is 20.9 Å². The molecule has 0 saturated heterocycles. The summed E-state index contributed by atoms with van der Waals surface area (Å²) in [4.78, 5) is 21.4. The molecular weight excluding hydrogens is 328 g/mol. The molecule has 0 atom stereocenters. The van der Waals surface area contributed by atoms with E-state index in [0.29, 0.717) is 9.64 Å². The number of nitrogens with zero attached hydrogens (tertiary/aromatic N) is 2. The molecule has 0 saturated carbocycles. The number of alkyl halides is 1.